The smallest absolute Gasteiger partial charge is 0.224 e. The molecule has 2 heterocycles. The van der Waals surface area contributed by atoms with Crippen molar-refractivity contribution < 1.29 is 4.79 Å². The van der Waals surface area contributed by atoms with Crippen LogP contribution in [-0.4, -0.2) is 36.0 Å². The van der Waals surface area contributed by atoms with E-state index in [1.807, 2.05) is 0 Å². The van der Waals surface area contributed by atoms with E-state index in [4.69, 9.17) is 0 Å². The molecule has 1 amide bonds. The minimum absolute atomic E-state index is 0.417. The van der Waals surface area contributed by atoms with Crippen LogP contribution in [0.2, 0.25) is 0 Å². The highest BCUT2D eigenvalue weighted by Gasteiger charge is 2.36. The molecule has 1 saturated carbocycles. The van der Waals surface area contributed by atoms with Crippen molar-refractivity contribution in [3.63, 3.8) is 0 Å². The summed E-state index contributed by atoms with van der Waals surface area (Å²) in [5.74, 6) is 1.88. The first kappa shape index (κ1) is 14.4. The van der Waals surface area contributed by atoms with E-state index in [2.05, 4.69) is 17.1 Å². The van der Waals surface area contributed by atoms with Crippen LogP contribution in [0.1, 0.15) is 64.7 Å². The number of amides is 1. The normalized spacial score (nSPS) is 38.4. The summed E-state index contributed by atoms with van der Waals surface area (Å²) in [6.07, 6.45) is 11.2. The lowest BCUT2D eigenvalue weighted by Gasteiger charge is -2.45. The van der Waals surface area contributed by atoms with Crippen molar-refractivity contribution in [1.82, 2.24) is 10.2 Å². The van der Waals surface area contributed by atoms with Gasteiger partial charge in [-0.05, 0) is 56.9 Å². The molecule has 0 aromatic carbocycles. The fourth-order valence-electron chi connectivity index (χ4n) is 4.63. The van der Waals surface area contributed by atoms with Gasteiger partial charge in [-0.15, -0.1) is 0 Å². The third-order valence-electron chi connectivity index (χ3n) is 5.89. The molecule has 20 heavy (non-hydrogen) atoms. The minimum Gasteiger partial charge on any atom is -0.339 e. The van der Waals surface area contributed by atoms with Crippen LogP contribution in [0.25, 0.3) is 0 Å². The highest BCUT2D eigenvalue weighted by Crippen LogP contribution is 2.35. The molecule has 4 atom stereocenters. The number of carbonyl (C=O) groups is 1. The van der Waals surface area contributed by atoms with E-state index in [1.54, 1.807) is 0 Å². The highest BCUT2D eigenvalue weighted by atomic mass is 16.2. The summed E-state index contributed by atoms with van der Waals surface area (Å²) in [5.41, 5.74) is 0. The molecule has 2 saturated heterocycles. The number of fused-ring (bicyclic) bond motifs is 1. The van der Waals surface area contributed by atoms with E-state index >= 15 is 0 Å². The van der Waals surface area contributed by atoms with Gasteiger partial charge in [0.1, 0.15) is 0 Å². The number of nitrogens with one attached hydrogen (secondary N) is 1. The number of hydrogen-bond donors (Lipinski definition) is 1. The molecule has 0 radical (unpaired) electrons. The molecule has 3 aliphatic rings. The SMILES string of the molecule is CC1CCCNC1CC(=O)N1CCCC2CCCCC21. The molecule has 0 bridgehead atoms. The van der Waals surface area contributed by atoms with Gasteiger partial charge in [-0.25, -0.2) is 0 Å². The van der Waals surface area contributed by atoms with Crippen LogP contribution in [0, 0.1) is 11.8 Å². The Hall–Kier alpha value is -0.570. The third kappa shape index (κ3) is 3.03. The molecule has 1 N–H and O–H groups in total. The van der Waals surface area contributed by atoms with E-state index in [1.165, 1.54) is 51.4 Å². The van der Waals surface area contributed by atoms with Gasteiger partial charge in [0.15, 0.2) is 0 Å². The van der Waals surface area contributed by atoms with Gasteiger partial charge in [0.05, 0.1) is 0 Å². The molecule has 3 fully saturated rings. The summed E-state index contributed by atoms with van der Waals surface area (Å²) in [6.45, 7) is 4.40. The first-order valence-electron chi connectivity index (χ1n) is 8.78. The van der Waals surface area contributed by atoms with Crippen molar-refractivity contribution in [3.8, 4) is 0 Å². The predicted molar refractivity (Wildman–Crippen MR) is 81.5 cm³/mol. The van der Waals surface area contributed by atoms with Crippen LogP contribution in [-0.2, 0) is 4.79 Å². The van der Waals surface area contributed by atoms with E-state index in [0.717, 1.165) is 25.4 Å². The molecule has 1 aliphatic carbocycles. The van der Waals surface area contributed by atoms with Gasteiger partial charge in [0.2, 0.25) is 5.91 Å². The van der Waals surface area contributed by atoms with Gasteiger partial charge in [-0.3, -0.25) is 4.79 Å². The van der Waals surface area contributed by atoms with Gasteiger partial charge >= 0.3 is 0 Å². The second kappa shape index (κ2) is 6.46. The largest absolute Gasteiger partial charge is 0.339 e. The molecule has 0 aromatic heterocycles. The zero-order valence-corrected chi connectivity index (χ0v) is 12.9. The minimum atomic E-state index is 0.417. The molecule has 2 aliphatic heterocycles. The Morgan fingerprint density at radius 3 is 2.75 bits per heavy atom. The monoisotopic (exact) mass is 278 g/mol. The van der Waals surface area contributed by atoms with Gasteiger partial charge in [0.25, 0.3) is 0 Å². The maximum absolute atomic E-state index is 12.8. The van der Waals surface area contributed by atoms with Crippen molar-refractivity contribution in [3.05, 3.63) is 0 Å². The predicted octanol–water partition coefficient (Wildman–Crippen LogP) is 2.95. The Labute approximate surface area is 123 Å². The Kier molecular flexibility index (Phi) is 4.65. The molecule has 114 valence electrons. The molecule has 3 heteroatoms. The van der Waals surface area contributed by atoms with E-state index < -0.39 is 0 Å². The Morgan fingerprint density at radius 2 is 1.90 bits per heavy atom. The van der Waals surface area contributed by atoms with E-state index in [-0.39, 0.29) is 0 Å². The summed E-state index contributed by atoms with van der Waals surface area (Å²) < 4.78 is 0. The number of carbonyl (C=O) groups excluding carboxylic acids is 1. The van der Waals surface area contributed by atoms with E-state index in [0.29, 0.717) is 23.9 Å². The second-order valence-corrected chi connectivity index (χ2v) is 7.23. The molecule has 3 rings (SSSR count). The quantitative estimate of drug-likeness (QED) is 0.842. The molecule has 3 nitrogen and oxygen atoms in total. The van der Waals surface area contributed by atoms with Crippen molar-refractivity contribution in [1.29, 1.82) is 0 Å². The van der Waals surface area contributed by atoms with Crippen molar-refractivity contribution in [2.45, 2.75) is 76.8 Å². The summed E-state index contributed by atoms with van der Waals surface area (Å²) in [7, 11) is 0. The third-order valence-corrected chi connectivity index (χ3v) is 5.89. The van der Waals surface area contributed by atoms with Crippen LogP contribution < -0.4 is 5.32 Å². The lowest BCUT2D eigenvalue weighted by atomic mass is 9.78. The lowest BCUT2D eigenvalue weighted by Crippen LogP contribution is -2.52. The number of rotatable bonds is 2. The summed E-state index contributed by atoms with van der Waals surface area (Å²) in [6, 6.07) is 0.990. The average Bonchev–Trinajstić information content (AvgIpc) is 2.49. The van der Waals surface area contributed by atoms with E-state index in [9.17, 15) is 4.79 Å². The molecular formula is C17H30N2O. The molecular weight excluding hydrogens is 248 g/mol. The molecule has 0 aromatic rings. The fourth-order valence-corrected chi connectivity index (χ4v) is 4.63. The van der Waals surface area contributed by atoms with Gasteiger partial charge in [-0.1, -0.05) is 19.8 Å². The van der Waals surface area contributed by atoms with Crippen LogP contribution in [0.15, 0.2) is 0 Å². The maximum atomic E-state index is 12.8. The number of hydrogen-bond acceptors (Lipinski definition) is 2. The lowest BCUT2D eigenvalue weighted by molar-refractivity contribution is -0.138. The van der Waals surface area contributed by atoms with Crippen LogP contribution in [0.4, 0.5) is 0 Å². The van der Waals surface area contributed by atoms with Gasteiger partial charge < -0.3 is 10.2 Å². The van der Waals surface area contributed by atoms with Crippen molar-refractivity contribution in [2.24, 2.45) is 11.8 Å². The average molecular weight is 278 g/mol. The van der Waals surface area contributed by atoms with Gasteiger partial charge in [0, 0.05) is 25.0 Å². The molecule has 4 unspecified atom stereocenters. The summed E-state index contributed by atoms with van der Waals surface area (Å²) in [4.78, 5) is 15.0. The summed E-state index contributed by atoms with van der Waals surface area (Å²) >= 11 is 0. The van der Waals surface area contributed by atoms with Crippen LogP contribution >= 0.6 is 0 Å². The standard InChI is InChI=1S/C17H30N2O/c1-13-6-4-10-18-15(13)12-17(20)19-11-5-8-14-7-2-3-9-16(14)19/h13-16,18H,2-12H2,1H3. The number of piperidine rings is 2. The van der Waals surface area contributed by atoms with Crippen molar-refractivity contribution in [2.75, 3.05) is 13.1 Å². The zero-order valence-electron chi connectivity index (χ0n) is 12.9. The second-order valence-electron chi connectivity index (χ2n) is 7.23. The Morgan fingerprint density at radius 1 is 1.10 bits per heavy atom. The fraction of sp³-hybridized carbons (Fsp3) is 0.941. The van der Waals surface area contributed by atoms with Crippen LogP contribution in [0.3, 0.4) is 0 Å². The number of likely N-dealkylation sites (tertiary alicyclic amines) is 1. The number of nitrogens with zero attached hydrogens (tertiary/aromatic N) is 1. The Balaban J connectivity index is 1.60. The molecule has 0 spiro atoms. The highest BCUT2D eigenvalue weighted by molar-refractivity contribution is 5.77. The van der Waals surface area contributed by atoms with Crippen molar-refractivity contribution >= 4 is 5.91 Å². The Bertz CT molecular complexity index is 342. The topological polar surface area (TPSA) is 32.3 Å². The van der Waals surface area contributed by atoms with Crippen LogP contribution in [0.5, 0.6) is 0 Å². The zero-order chi connectivity index (χ0) is 13.9. The maximum Gasteiger partial charge on any atom is 0.224 e. The first-order chi connectivity index (χ1) is 9.75. The summed E-state index contributed by atoms with van der Waals surface area (Å²) in [5, 5.41) is 3.56. The first-order valence-corrected chi connectivity index (χ1v) is 8.78. The van der Waals surface area contributed by atoms with Gasteiger partial charge in [-0.2, -0.15) is 0 Å².